The van der Waals surface area contributed by atoms with Gasteiger partial charge < -0.3 is 9.64 Å². The van der Waals surface area contributed by atoms with E-state index in [4.69, 9.17) is 4.74 Å². The van der Waals surface area contributed by atoms with E-state index in [2.05, 4.69) is 9.97 Å². The molecule has 29 heavy (non-hydrogen) atoms. The van der Waals surface area contributed by atoms with Gasteiger partial charge in [-0.05, 0) is 25.5 Å². The Labute approximate surface area is 163 Å². The van der Waals surface area contributed by atoms with E-state index in [1.165, 1.54) is 24.5 Å². The number of alkyl halides is 3. The first kappa shape index (κ1) is 19.6. The van der Waals surface area contributed by atoms with Gasteiger partial charge in [0.15, 0.2) is 5.82 Å². The van der Waals surface area contributed by atoms with Gasteiger partial charge in [0.2, 0.25) is 11.8 Å². The number of pyridine rings is 1. The second kappa shape index (κ2) is 7.29. The summed E-state index contributed by atoms with van der Waals surface area (Å²) in [6, 6.07) is 0.642. The Morgan fingerprint density at radius 3 is 2.59 bits per heavy atom. The van der Waals surface area contributed by atoms with Gasteiger partial charge in [-0.1, -0.05) is 0 Å². The Morgan fingerprint density at radius 2 is 1.93 bits per heavy atom. The number of hydrogen-bond acceptors (Lipinski definition) is 6. The molecule has 0 amide bonds. The summed E-state index contributed by atoms with van der Waals surface area (Å²) in [4.78, 5) is 23.3. The number of hydrogen-bond donors (Lipinski definition) is 0. The topological polar surface area (TPSA) is 63.5 Å². The van der Waals surface area contributed by atoms with Crippen molar-refractivity contribution in [1.82, 2.24) is 14.5 Å². The van der Waals surface area contributed by atoms with Gasteiger partial charge in [-0.2, -0.15) is 22.5 Å². The average molecular weight is 413 g/mol. The van der Waals surface area contributed by atoms with E-state index in [0.29, 0.717) is 13.2 Å². The third kappa shape index (κ3) is 3.43. The van der Waals surface area contributed by atoms with E-state index in [1.54, 1.807) is 11.8 Å². The number of anilines is 3. The van der Waals surface area contributed by atoms with Crippen LogP contribution in [-0.2, 0) is 11.3 Å². The smallest absolute Gasteiger partial charge is 0.377 e. The van der Waals surface area contributed by atoms with Gasteiger partial charge in [0.05, 0.1) is 19.3 Å². The minimum atomic E-state index is -4.56. The molecule has 0 spiro atoms. The fourth-order valence-corrected chi connectivity index (χ4v) is 3.76. The first-order valence-electron chi connectivity index (χ1n) is 9.19. The highest BCUT2D eigenvalue weighted by Gasteiger charge is 2.48. The zero-order valence-electron chi connectivity index (χ0n) is 15.6. The minimum Gasteiger partial charge on any atom is -0.377 e. The Bertz CT molecular complexity index is 950. The summed E-state index contributed by atoms with van der Waals surface area (Å²) in [5.74, 6) is -1.55. The van der Waals surface area contributed by atoms with Crippen LogP contribution in [0.3, 0.4) is 0 Å². The summed E-state index contributed by atoms with van der Waals surface area (Å²) in [5, 5.41) is 0. The van der Waals surface area contributed by atoms with Crippen molar-refractivity contribution in [1.29, 1.82) is 0 Å². The Kier molecular flexibility index (Phi) is 4.93. The number of morpholine rings is 1. The maximum absolute atomic E-state index is 14.9. The lowest BCUT2D eigenvalue weighted by Gasteiger charge is -2.40. The number of fused-ring (bicyclic) bond motifs is 1. The molecule has 0 aliphatic carbocycles. The fourth-order valence-electron chi connectivity index (χ4n) is 3.76. The van der Waals surface area contributed by atoms with Gasteiger partial charge in [0, 0.05) is 31.2 Å². The zero-order valence-corrected chi connectivity index (χ0v) is 15.6. The Hall–Kier alpha value is -2.69. The summed E-state index contributed by atoms with van der Waals surface area (Å²) in [5.41, 5.74) is -0.807. The molecule has 2 aliphatic rings. The van der Waals surface area contributed by atoms with Gasteiger partial charge in [-0.3, -0.25) is 19.2 Å². The van der Waals surface area contributed by atoms with Crippen LogP contribution in [0.5, 0.6) is 0 Å². The van der Waals surface area contributed by atoms with Gasteiger partial charge >= 0.3 is 6.18 Å². The van der Waals surface area contributed by atoms with E-state index in [0.717, 1.165) is 9.47 Å². The second-order valence-electron chi connectivity index (χ2n) is 7.05. The Balaban J connectivity index is 1.91. The van der Waals surface area contributed by atoms with Crippen molar-refractivity contribution in [3.05, 3.63) is 40.7 Å². The molecule has 0 N–H and O–H groups in total. The van der Waals surface area contributed by atoms with E-state index in [9.17, 15) is 22.4 Å². The van der Waals surface area contributed by atoms with E-state index >= 15 is 0 Å². The molecule has 2 atom stereocenters. The lowest BCUT2D eigenvalue weighted by molar-refractivity contribution is -0.150. The molecular formula is C18H19F4N5O2. The summed E-state index contributed by atoms with van der Waals surface area (Å²) < 4.78 is 62.6. The van der Waals surface area contributed by atoms with Gasteiger partial charge in [0.1, 0.15) is 6.04 Å². The molecule has 0 radical (unpaired) electrons. The van der Waals surface area contributed by atoms with Gasteiger partial charge in [-0.15, -0.1) is 0 Å². The molecule has 4 rings (SSSR count). The van der Waals surface area contributed by atoms with E-state index in [1.807, 2.05) is 0 Å². The van der Waals surface area contributed by atoms with Crippen LogP contribution in [0, 0.1) is 5.82 Å². The average Bonchev–Trinajstić information content (AvgIpc) is 2.70. The number of aromatic nitrogens is 3. The monoisotopic (exact) mass is 413 g/mol. The molecule has 1 fully saturated rings. The zero-order chi connectivity index (χ0) is 20.8. The molecular weight excluding hydrogens is 394 g/mol. The number of ether oxygens (including phenoxy) is 1. The molecule has 2 aromatic rings. The summed E-state index contributed by atoms with van der Waals surface area (Å²) in [6.07, 6.45) is -2.25. The third-order valence-electron chi connectivity index (χ3n) is 5.19. The van der Waals surface area contributed by atoms with Crippen molar-refractivity contribution in [3.63, 3.8) is 0 Å². The minimum absolute atomic E-state index is 0.176. The quantitative estimate of drug-likeness (QED) is 0.705. The predicted octanol–water partition coefficient (Wildman–Crippen LogP) is 2.48. The fraction of sp³-hybridized carbons (Fsp3) is 0.500. The van der Waals surface area contributed by atoms with Crippen molar-refractivity contribution in [2.24, 2.45) is 0 Å². The van der Waals surface area contributed by atoms with Crippen LogP contribution in [-0.4, -0.2) is 52.6 Å². The van der Waals surface area contributed by atoms with Crippen molar-refractivity contribution >= 4 is 17.5 Å². The van der Waals surface area contributed by atoms with Crippen LogP contribution in [0.2, 0.25) is 0 Å². The highest BCUT2D eigenvalue weighted by Crippen LogP contribution is 2.39. The van der Waals surface area contributed by atoms with Crippen LogP contribution in [0.4, 0.5) is 35.0 Å². The van der Waals surface area contributed by atoms with Crippen molar-refractivity contribution in [2.45, 2.75) is 38.1 Å². The molecule has 2 aromatic heterocycles. The standard InChI is InChI=1S/C18H19F4N5O2/c1-11-10-29-9-8-25(11)15-14(19)16(28)26-7-4-13(18(20,21)22)27(17(26)24-15)12-2-5-23-6-3-12/h2-3,5-6,11,13H,4,7-10H2,1H3/t11-,13?/m1/s1. The molecule has 7 nitrogen and oxygen atoms in total. The lowest BCUT2D eigenvalue weighted by Crippen LogP contribution is -2.51. The molecule has 4 heterocycles. The summed E-state index contributed by atoms with van der Waals surface area (Å²) in [7, 11) is 0. The lowest BCUT2D eigenvalue weighted by atomic mass is 10.1. The molecule has 156 valence electrons. The normalized spacial score (nSPS) is 22.5. The van der Waals surface area contributed by atoms with Crippen LogP contribution < -0.4 is 15.4 Å². The number of nitrogens with zero attached hydrogens (tertiary/aromatic N) is 5. The first-order valence-corrected chi connectivity index (χ1v) is 9.19. The molecule has 11 heteroatoms. The SMILES string of the molecule is C[C@@H]1COCCN1c1nc2n(c(=O)c1F)CCC(C(F)(F)F)N2c1ccncc1. The van der Waals surface area contributed by atoms with Crippen LogP contribution in [0.25, 0.3) is 0 Å². The molecule has 0 aromatic carbocycles. The highest BCUT2D eigenvalue weighted by atomic mass is 19.4. The number of rotatable bonds is 2. The highest BCUT2D eigenvalue weighted by molar-refractivity contribution is 5.61. The van der Waals surface area contributed by atoms with E-state index in [-0.39, 0.29) is 36.6 Å². The summed E-state index contributed by atoms with van der Waals surface area (Å²) in [6.45, 7) is 2.40. The predicted molar refractivity (Wildman–Crippen MR) is 96.9 cm³/mol. The van der Waals surface area contributed by atoms with Crippen molar-refractivity contribution < 1.29 is 22.3 Å². The van der Waals surface area contributed by atoms with Crippen molar-refractivity contribution in [3.8, 4) is 0 Å². The maximum atomic E-state index is 14.9. The van der Waals surface area contributed by atoms with E-state index < -0.39 is 30.0 Å². The van der Waals surface area contributed by atoms with Crippen LogP contribution in [0.15, 0.2) is 29.3 Å². The third-order valence-corrected chi connectivity index (χ3v) is 5.19. The molecule has 2 aliphatic heterocycles. The van der Waals surface area contributed by atoms with Crippen molar-refractivity contribution in [2.75, 3.05) is 29.6 Å². The largest absolute Gasteiger partial charge is 0.409 e. The van der Waals surface area contributed by atoms with Crippen LogP contribution >= 0.6 is 0 Å². The Morgan fingerprint density at radius 1 is 1.21 bits per heavy atom. The second-order valence-corrected chi connectivity index (χ2v) is 7.05. The molecule has 1 saturated heterocycles. The summed E-state index contributed by atoms with van der Waals surface area (Å²) >= 11 is 0. The van der Waals surface area contributed by atoms with Crippen LogP contribution in [0.1, 0.15) is 13.3 Å². The van der Waals surface area contributed by atoms with Gasteiger partial charge in [-0.25, -0.2) is 0 Å². The number of halogens is 4. The van der Waals surface area contributed by atoms with Gasteiger partial charge in [0.25, 0.3) is 5.56 Å². The maximum Gasteiger partial charge on any atom is 0.409 e. The molecule has 0 saturated carbocycles. The molecule has 1 unspecified atom stereocenters. The first-order chi connectivity index (χ1) is 13.8. The molecule has 0 bridgehead atoms.